The van der Waals surface area contributed by atoms with Crippen molar-refractivity contribution in [2.45, 2.75) is 13.5 Å². The molecule has 0 aromatic carbocycles. The summed E-state index contributed by atoms with van der Waals surface area (Å²) in [4.78, 5) is 15.5. The van der Waals surface area contributed by atoms with Crippen LogP contribution in [0.1, 0.15) is 21.6 Å². The number of aryl methyl sites for hydroxylation is 1. The van der Waals surface area contributed by atoms with E-state index in [0.717, 1.165) is 11.3 Å². The molecule has 0 radical (unpaired) electrons. The molecule has 6 nitrogen and oxygen atoms in total. The molecule has 0 aliphatic rings. The Morgan fingerprint density at radius 3 is 3.06 bits per heavy atom. The highest BCUT2D eigenvalue weighted by Gasteiger charge is 2.06. The van der Waals surface area contributed by atoms with E-state index in [9.17, 15) is 4.79 Å². The van der Waals surface area contributed by atoms with E-state index in [4.69, 9.17) is 0 Å². The molecule has 18 heavy (non-hydrogen) atoms. The molecule has 94 valence electrons. The van der Waals surface area contributed by atoms with Gasteiger partial charge in [0.15, 0.2) is 0 Å². The first kappa shape index (κ1) is 12.1. The minimum Gasteiger partial charge on any atom is -0.465 e. The van der Waals surface area contributed by atoms with Crippen LogP contribution in [0.2, 0.25) is 0 Å². The smallest absolute Gasteiger partial charge is 0.338 e. The number of hydrogen-bond acceptors (Lipinski definition) is 5. The fourth-order valence-corrected chi connectivity index (χ4v) is 1.51. The van der Waals surface area contributed by atoms with E-state index < -0.39 is 0 Å². The number of ether oxygens (including phenoxy) is 1. The van der Waals surface area contributed by atoms with Gasteiger partial charge < -0.3 is 10.1 Å². The van der Waals surface area contributed by atoms with Crippen LogP contribution in [0.3, 0.4) is 0 Å². The summed E-state index contributed by atoms with van der Waals surface area (Å²) in [6.07, 6.45) is 3.32. The van der Waals surface area contributed by atoms with E-state index in [0.29, 0.717) is 17.9 Å². The lowest BCUT2D eigenvalue weighted by molar-refractivity contribution is 0.0600. The molecule has 0 atom stereocenters. The number of nitrogens with zero attached hydrogens (tertiary/aromatic N) is 2. The van der Waals surface area contributed by atoms with Gasteiger partial charge in [0.1, 0.15) is 5.82 Å². The molecule has 2 aromatic rings. The van der Waals surface area contributed by atoms with Crippen LogP contribution in [-0.2, 0) is 11.3 Å². The highest BCUT2D eigenvalue weighted by Crippen LogP contribution is 2.10. The van der Waals surface area contributed by atoms with Crippen LogP contribution in [0.15, 0.2) is 24.5 Å². The average Bonchev–Trinajstić information content (AvgIpc) is 2.81. The molecule has 0 aliphatic carbocycles. The van der Waals surface area contributed by atoms with Gasteiger partial charge in [0.05, 0.1) is 18.9 Å². The van der Waals surface area contributed by atoms with Gasteiger partial charge in [-0.2, -0.15) is 5.10 Å². The van der Waals surface area contributed by atoms with Crippen LogP contribution < -0.4 is 5.32 Å². The zero-order chi connectivity index (χ0) is 13.0. The molecular formula is C12H14N4O2. The van der Waals surface area contributed by atoms with Crippen molar-refractivity contribution in [2.24, 2.45) is 0 Å². The summed E-state index contributed by atoms with van der Waals surface area (Å²) in [7, 11) is 1.35. The fraction of sp³-hybridized carbons (Fsp3) is 0.250. The first-order chi connectivity index (χ1) is 8.70. The summed E-state index contributed by atoms with van der Waals surface area (Å²) in [6.45, 7) is 2.54. The molecule has 0 amide bonds. The lowest BCUT2D eigenvalue weighted by atomic mass is 10.2. The van der Waals surface area contributed by atoms with Gasteiger partial charge in [0.25, 0.3) is 0 Å². The molecule has 6 heteroatoms. The van der Waals surface area contributed by atoms with Crippen molar-refractivity contribution in [3.63, 3.8) is 0 Å². The molecule has 2 rings (SSSR count). The minimum atomic E-state index is -0.375. The van der Waals surface area contributed by atoms with Crippen molar-refractivity contribution in [1.82, 2.24) is 15.2 Å². The van der Waals surface area contributed by atoms with Crippen LogP contribution in [0.5, 0.6) is 0 Å². The quantitative estimate of drug-likeness (QED) is 0.799. The maximum absolute atomic E-state index is 11.4. The number of methoxy groups -OCH3 is 1. The highest BCUT2D eigenvalue weighted by atomic mass is 16.5. The van der Waals surface area contributed by atoms with Crippen molar-refractivity contribution in [3.05, 3.63) is 41.3 Å². The number of aromatic nitrogens is 3. The molecule has 2 N–H and O–H groups in total. The monoisotopic (exact) mass is 246 g/mol. The standard InChI is InChI=1S/C12H14N4O2/c1-8-10(7-15-16-8)6-14-11-5-9(3-4-13-11)12(17)18-2/h3-5,7H,6H2,1-2H3,(H,13,14)(H,15,16). The fourth-order valence-electron chi connectivity index (χ4n) is 1.51. The van der Waals surface area contributed by atoms with Crippen LogP contribution in [0.4, 0.5) is 5.82 Å². The zero-order valence-corrected chi connectivity index (χ0v) is 10.2. The Balaban J connectivity index is 2.06. The first-order valence-electron chi connectivity index (χ1n) is 5.48. The Kier molecular flexibility index (Phi) is 3.57. The third kappa shape index (κ3) is 2.65. The Morgan fingerprint density at radius 2 is 2.39 bits per heavy atom. The molecular weight excluding hydrogens is 232 g/mol. The lowest BCUT2D eigenvalue weighted by Gasteiger charge is -2.06. The molecule has 0 saturated carbocycles. The van der Waals surface area contributed by atoms with E-state index in [1.54, 1.807) is 24.5 Å². The second-order valence-corrected chi connectivity index (χ2v) is 3.80. The number of pyridine rings is 1. The van der Waals surface area contributed by atoms with E-state index >= 15 is 0 Å². The van der Waals surface area contributed by atoms with Crippen molar-refractivity contribution in [1.29, 1.82) is 0 Å². The van der Waals surface area contributed by atoms with Crippen molar-refractivity contribution < 1.29 is 9.53 Å². The number of carbonyl (C=O) groups excluding carboxylic acids is 1. The summed E-state index contributed by atoms with van der Waals surface area (Å²) < 4.78 is 4.65. The number of esters is 1. The van der Waals surface area contributed by atoms with Gasteiger partial charge in [-0.1, -0.05) is 0 Å². The number of anilines is 1. The highest BCUT2D eigenvalue weighted by molar-refractivity contribution is 5.89. The average molecular weight is 246 g/mol. The molecule has 2 heterocycles. The van der Waals surface area contributed by atoms with Gasteiger partial charge >= 0.3 is 5.97 Å². The van der Waals surface area contributed by atoms with Crippen molar-refractivity contribution in [2.75, 3.05) is 12.4 Å². The normalized spacial score (nSPS) is 10.1. The molecule has 0 unspecified atom stereocenters. The van der Waals surface area contributed by atoms with Crippen LogP contribution >= 0.6 is 0 Å². The van der Waals surface area contributed by atoms with Gasteiger partial charge in [0, 0.05) is 24.0 Å². The summed E-state index contributed by atoms with van der Waals surface area (Å²) in [5.74, 6) is 0.249. The van der Waals surface area contributed by atoms with Crippen LogP contribution in [0.25, 0.3) is 0 Å². The van der Waals surface area contributed by atoms with E-state index in [1.807, 2.05) is 6.92 Å². The predicted molar refractivity (Wildman–Crippen MR) is 66.2 cm³/mol. The van der Waals surface area contributed by atoms with Gasteiger partial charge in [-0.25, -0.2) is 9.78 Å². The van der Waals surface area contributed by atoms with Gasteiger partial charge in [0.2, 0.25) is 0 Å². The maximum atomic E-state index is 11.4. The molecule has 0 aliphatic heterocycles. The number of rotatable bonds is 4. The SMILES string of the molecule is COC(=O)c1ccnc(NCc2cn[nH]c2C)c1. The van der Waals surface area contributed by atoms with Gasteiger partial charge in [-0.3, -0.25) is 5.10 Å². The Hall–Kier alpha value is -2.37. The van der Waals surface area contributed by atoms with Crippen LogP contribution in [-0.4, -0.2) is 28.3 Å². The van der Waals surface area contributed by atoms with Gasteiger partial charge in [-0.05, 0) is 19.1 Å². The molecule has 0 fully saturated rings. The number of aromatic amines is 1. The molecule has 0 bridgehead atoms. The van der Waals surface area contributed by atoms with Gasteiger partial charge in [-0.15, -0.1) is 0 Å². The van der Waals surface area contributed by atoms with E-state index in [2.05, 4.69) is 25.2 Å². The molecule has 0 saturated heterocycles. The first-order valence-corrected chi connectivity index (χ1v) is 5.48. The van der Waals surface area contributed by atoms with E-state index in [1.165, 1.54) is 7.11 Å². The third-order valence-corrected chi connectivity index (χ3v) is 2.58. The zero-order valence-electron chi connectivity index (χ0n) is 10.2. The second-order valence-electron chi connectivity index (χ2n) is 3.80. The summed E-state index contributed by atoms with van der Waals surface area (Å²) >= 11 is 0. The molecule has 2 aromatic heterocycles. The minimum absolute atomic E-state index is 0.375. The second kappa shape index (κ2) is 5.31. The Bertz CT molecular complexity index is 551. The number of carbonyl (C=O) groups is 1. The molecule has 0 spiro atoms. The largest absolute Gasteiger partial charge is 0.465 e. The van der Waals surface area contributed by atoms with E-state index in [-0.39, 0.29) is 5.97 Å². The van der Waals surface area contributed by atoms with Crippen LogP contribution in [0, 0.1) is 6.92 Å². The summed E-state index contributed by atoms with van der Waals surface area (Å²) in [5.41, 5.74) is 2.53. The maximum Gasteiger partial charge on any atom is 0.338 e. The lowest BCUT2D eigenvalue weighted by Crippen LogP contribution is -2.05. The Morgan fingerprint density at radius 1 is 1.56 bits per heavy atom. The number of nitrogens with one attached hydrogen (secondary N) is 2. The Labute approximate surface area is 104 Å². The number of H-pyrrole nitrogens is 1. The summed E-state index contributed by atoms with van der Waals surface area (Å²) in [5, 5.41) is 9.92. The topological polar surface area (TPSA) is 79.9 Å². The summed E-state index contributed by atoms with van der Waals surface area (Å²) in [6, 6.07) is 3.27. The predicted octanol–water partition coefficient (Wildman–Crippen LogP) is 1.51. The van der Waals surface area contributed by atoms with Crippen molar-refractivity contribution in [3.8, 4) is 0 Å². The van der Waals surface area contributed by atoms with Crippen molar-refractivity contribution >= 4 is 11.8 Å². The third-order valence-electron chi connectivity index (χ3n) is 2.58. The number of hydrogen-bond donors (Lipinski definition) is 2.